The van der Waals surface area contributed by atoms with Crippen LogP contribution < -0.4 is 16.2 Å². The van der Waals surface area contributed by atoms with Crippen LogP contribution in [-0.4, -0.2) is 40.8 Å². The van der Waals surface area contributed by atoms with Gasteiger partial charge in [-0.05, 0) is 48.4 Å². The molecule has 1 aromatic carbocycles. The average molecular weight is 496 g/mol. The first-order valence-electron chi connectivity index (χ1n) is 11.7. The summed E-state index contributed by atoms with van der Waals surface area (Å²) in [6.45, 7) is 5.80. The molecule has 184 valence electrons. The molecule has 0 unspecified atom stereocenters. The first kappa shape index (κ1) is 22.7. The molecule has 37 heavy (non-hydrogen) atoms. The van der Waals surface area contributed by atoms with Crippen molar-refractivity contribution in [1.82, 2.24) is 39.6 Å². The van der Waals surface area contributed by atoms with Crippen molar-refractivity contribution in [3.63, 3.8) is 0 Å². The van der Waals surface area contributed by atoms with Gasteiger partial charge >= 0.3 is 0 Å². The molecular weight excluding hydrogens is 473 g/mol. The smallest absolute Gasteiger partial charge is 0.278 e. The summed E-state index contributed by atoms with van der Waals surface area (Å²) in [5, 5.41) is 6.98. The maximum Gasteiger partial charge on any atom is 0.278 e. The molecule has 1 aliphatic rings. The van der Waals surface area contributed by atoms with Gasteiger partial charge in [-0.1, -0.05) is 18.2 Å². The molecule has 6 rings (SSSR count). The highest BCUT2D eigenvalue weighted by atomic mass is 19.1. The lowest BCUT2D eigenvalue weighted by Gasteiger charge is -2.18. The summed E-state index contributed by atoms with van der Waals surface area (Å²) in [6.07, 6.45) is 6.29. The van der Waals surface area contributed by atoms with Crippen LogP contribution in [-0.2, 0) is 19.5 Å². The Morgan fingerprint density at radius 1 is 1.08 bits per heavy atom. The number of anilines is 2. The van der Waals surface area contributed by atoms with E-state index in [-0.39, 0.29) is 17.9 Å². The quantitative estimate of drug-likeness (QED) is 0.345. The first-order chi connectivity index (χ1) is 18.1. The lowest BCUT2D eigenvalue weighted by Crippen LogP contribution is -2.23. The number of hydrogen-bond donors (Lipinski definition) is 2. The van der Waals surface area contributed by atoms with E-state index in [0.717, 1.165) is 37.6 Å². The Balaban J connectivity index is 1.45. The number of hydrogen-bond acceptors (Lipinski definition) is 8. The number of allylic oxidation sites excluding steroid dienone is 1. The molecule has 0 spiro atoms. The summed E-state index contributed by atoms with van der Waals surface area (Å²) in [5.74, 6) is 0.488. The minimum absolute atomic E-state index is 0.231. The maximum atomic E-state index is 13.3. The van der Waals surface area contributed by atoms with Gasteiger partial charge < -0.3 is 10.6 Å². The highest BCUT2D eigenvalue weighted by Crippen LogP contribution is 2.23. The molecule has 5 heterocycles. The minimum atomic E-state index is -0.539. The van der Waals surface area contributed by atoms with E-state index in [1.807, 2.05) is 6.07 Å². The normalized spacial score (nSPS) is 12.9. The summed E-state index contributed by atoms with van der Waals surface area (Å²) < 4.78 is 16.4. The van der Waals surface area contributed by atoms with E-state index in [0.29, 0.717) is 28.5 Å². The molecule has 2 N–H and O–H groups in total. The van der Waals surface area contributed by atoms with E-state index in [1.54, 1.807) is 29.0 Å². The van der Waals surface area contributed by atoms with Gasteiger partial charge in [0.15, 0.2) is 23.1 Å². The number of nitrogens with zero attached hydrogens (tertiary/aromatic N) is 7. The zero-order chi connectivity index (χ0) is 25.4. The lowest BCUT2D eigenvalue weighted by atomic mass is 10.0. The van der Waals surface area contributed by atoms with Gasteiger partial charge in [-0.3, -0.25) is 4.79 Å². The number of halogens is 1. The Hall–Kier alpha value is -4.77. The summed E-state index contributed by atoms with van der Waals surface area (Å²) in [5.41, 5.74) is 3.95. The average Bonchev–Trinajstić information content (AvgIpc) is 3.20. The lowest BCUT2D eigenvalue weighted by molar-refractivity contribution is 0.597. The summed E-state index contributed by atoms with van der Waals surface area (Å²) in [4.78, 5) is 35.0. The van der Waals surface area contributed by atoms with Crippen LogP contribution in [0.4, 0.5) is 16.0 Å². The van der Waals surface area contributed by atoms with Gasteiger partial charge in [-0.2, -0.15) is 4.98 Å². The van der Waals surface area contributed by atoms with Crippen molar-refractivity contribution in [1.29, 1.82) is 0 Å². The molecule has 5 aromatic rings. The van der Waals surface area contributed by atoms with Gasteiger partial charge in [0.2, 0.25) is 5.95 Å². The van der Waals surface area contributed by atoms with E-state index in [4.69, 9.17) is 0 Å². The van der Waals surface area contributed by atoms with Crippen LogP contribution in [0.25, 0.3) is 28.4 Å². The fraction of sp³-hybridized carbons (Fsp3) is 0.154. The molecule has 0 amide bonds. The van der Waals surface area contributed by atoms with Crippen LogP contribution in [0.3, 0.4) is 0 Å². The third-order valence-corrected chi connectivity index (χ3v) is 6.13. The van der Waals surface area contributed by atoms with Crippen molar-refractivity contribution >= 4 is 22.7 Å². The first-order valence-corrected chi connectivity index (χ1v) is 11.7. The number of benzene rings is 1. The van der Waals surface area contributed by atoms with Gasteiger partial charge in [-0.15, -0.1) is 6.58 Å². The predicted octanol–water partition coefficient (Wildman–Crippen LogP) is 3.15. The van der Waals surface area contributed by atoms with Crippen LogP contribution in [0.5, 0.6) is 0 Å². The SMILES string of the molecule is C=CCn1c(=O)c2cnc(Nc3ccc4c(c3)CNCC4)nc2n1-c1cccc(-c2ncc(F)cn2)n1. The van der Waals surface area contributed by atoms with E-state index in [1.165, 1.54) is 22.0 Å². The summed E-state index contributed by atoms with van der Waals surface area (Å²) in [6, 6.07) is 11.4. The van der Waals surface area contributed by atoms with Crippen molar-refractivity contribution in [3.05, 3.63) is 94.9 Å². The largest absolute Gasteiger partial charge is 0.324 e. The van der Waals surface area contributed by atoms with E-state index >= 15 is 0 Å². The molecule has 0 saturated carbocycles. The number of pyridine rings is 1. The van der Waals surface area contributed by atoms with Crippen LogP contribution in [0.1, 0.15) is 11.1 Å². The Kier molecular flexibility index (Phi) is 5.73. The van der Waals surface area contributed by atoms with E-state index < -0.39 is 5.82 Å². The molecule has 4 aromatic heterocycles. The van der Waals surface area contributed by atoms with Gasteiger partial charge in [0.25, 0.3) is 5.56 Å². The highest BCUT2D eigenvalue weighted by Gasteiger charge is 2.19. The van der Waals surface area contributed by atoms with Crippen molar-refractivity contribution in [2.75, 3.05) is 11.9 Å². The number of fused-ring (bicyclic) bond motifs is 2. The molecule has 1 aliphatic heterocycles. The molecule has 0 bridgehead atoms. The predicted molar refractivity (Wildman–Crippen MR) is 137 cm³/mol. The maximum absolute atomic E-state index is 13.3. The zero-order valence-electron chi connectivity index (χ0n) is 19.7. The van der Waals surface area contributed by atoms with Gasteiger partial charge in [0.05, 0.1) is 18.9 Å². The number of rotatable bonds is 6. The molecule has 0 fully saturated rings. The van der Waals surface area contributed by atoms with Gasteiger partial charge in [0.1, 0.15) is 11.1 Å². The second kappa shape index (κ2) is 9.36. The second-order valence-corrected chi connectivity index (χ2v) is 8.56. The number of nitrogens with one attached hydrogen (secondary N) is 2. The van der Waals surface area contributed by atoms with E-state index in [2.05, 4.69) is 54.3 Å². The van der Waals surface area contributed by atoms with Crippen molar-refractivity contribution in [2.24, 2.45) is 0 Å². The molecule has 0 radical (unpaired) electrons. The van der Waals surface area contributed by atoms with Crippen molar-refractivity contribution in [3.8, 4) is 17.3 Å². The van der Waals surface area contributed by atoms with Crippen molar-refractivity contribution in [2.45, 2.75) is 19.5 Å². The van der Waals surface area contributed by atoms with Gasteiger partial charge in [0, 0.05) is 18.4 Å². The Labute approximate surface area is 210 Å². The fourth-order valence-electron chi connectivity index (χ4n) is 4.41. The minimum Gasteiger partial charge on any atom is -0.324 e. The Morgan fingerprint density at radius 3 is 2.78 bits per heavy atom. The molecule has 11 heteroatoms. The topological polar surface area (TPSA) is 115 Å². The fourth-order valence-corrected chi connectivity index (χ4v) is 4.41. The van der Waals surface area contributed by atoms with E-state index in [9.17, 15) is 9.18 Å². The zero-order valence-corrected chi connectivity index (χ0v) is 19.7. The van der Waals surface area contributed by atoms with Crippen LogP contribution in [0.15, 0.2) is 72.4 Å². The van der Waals surface area contributed by atoms with Gasteiger partial charge in [-0.25, -0.2) is 33.7 Å². The molecule has 10 nitrogen and oxygen atoms in total. The molecular formula is C26H22FN9O. The highest BCUT2D eigenvalue weighted by molar-refractivity contribution is 5.77. The third-order valence-electron chi connectivity index (χ3n) is 6.13. The third kappa shape index (κ3) is 4.25. The van der Waals surface area contributed by atoms with Crippen LogP contribution >= 0.6 is 0 Å². The Bertz CT molecular complexity index is 1690. The molecule has 0 saturated heterocycles. The standard InChI is InChI=1S/C26H22FN9O/c1-2-10-35-25(37)20-15-31-26(32-19-7-6-16-8-9-28-12-17(16)11-19)34-24(20)36(35)22-5-3-4-21(33-22)23-29-13-18(27)14-30-23/h2-7,11,13-15,28H,1,8-10,12H2,(H,31,32,34). The van der Waals surface area contributed by atoms with Crippen LogP contribution in [0.2, 0.25) is 0 Å². The monoisotopic (exact) mass is 495 g/mol. The molecule has 0 aliphatic carbocycles. The Morgan fingerprint density at radius 2 is 1.95 bits per heavy atom. The van der Waals surface area contributed by atoms with Crippen molar-refractivity contribution < 1.29 is 4.39 Å². The number of aromatic nitrogens is 7. The summed E-state index contributed by atoms with van der Waals surface area (Å²) >= 11 is 0. The summed E-state index contributed by atoms with van der Waals surface area (Å²) in [7, 11) is 0. The molecule has 0 atom stereocenters. The van der Waals surface area contributed by atoms with Crippen LogP contribution in [0, 0.1) is 5.82 Å². The second-order valence-electron chi connectivity index (χ2n) is 8.56.